The van der Waals surface area contributed by atoms with Crippen LogP contribution in [0.5, 0.6) is 0 Å². The molecule has 0 spiro atoms. The van der Waals surface area contributed by atoms with E-state index >= 15 is 0 Å². The van der Waals surface area contributed by atoms with Gasteiger partial charge in [-0.05, 0) is 31.9 Å². The van der Waals surface area contributed by atoms with Crippen molar-refractivity contribution in [2.24, 2.45) is 0 Å². The lowest BCUT2D eigenvalue weighted by atomic mass is 10.2. The Morgan fingerprint density at radius 1 is 1.24 bits per heavy atom. The van der Waals surface area contributed by atoms with Crippen molar-refractivity contribution in [3.8, 4) is 5.69 Å². The Bertz CT molecular complexity index is 1010. The second-order valence-corrected chi connectivity index (χ2v) is 6.21. The van der Waals surface area contributed by atoms with Gasteiger partial charge in [-0.3, -0.25) is 9.36 Å². The van der Waals surface area contributed by atoms with Gasteiger partial charge in [0.2, 0.25) is 0 Å². The Labute approximate surface area is 144 Å². The van der Waals surface area contributed by atoms with Crippen LogP contribution >= 0.6 is 0 Å². The van der Waals surface area contributed by atoms with Crippen molar-refractivity contribution >= 4 is 11.2 Å². The van der Waals surface area contributed by atoms with E-state index in [-0.39, 0.29) is 23.9 Å². The number of aromatic nitrogens is 4. The summed E-state index contributed by atoms with van der Waals surface area (Å²) in [6.07, 6.45) is 3.34. The lowest BCUT2D eigenvalue weighted by molar-refractivity contribution is 0.0950. The Morgan fingerprint density at radius 3 is 2.72 bits per heavy atom. The summed E-state index contributed by atoms with van der Waals surface area (Å²) < 4.78 is 10.2. The van der Waals surface area contributed by atoms with Gasteiger partial charge in [-0.15, -0.1) is 0 Å². The van der Waals surface area contributed by atoms with Crippen molar-refractivity contribution in [3.05, 3.63) is 57.5 Å². The zero-order valence-electron chi connectivity index (χ0n) is 14.1. The van der Waals surface area contributed by atoms with Gasteiger partial charge in [-0.25, -0.2) is 14.3 Å². The summed E-state index contributed by atoms with van der Waals surface area (Å²) in [4.78, 5) is 30.4. The van der Waals surface area contributed by atoms with Crippen molar-refractivity contribution < 1.29 is 4.74 Å². The fourth-order valence-corrected chi connectivity index (χ4v) is 3.38. The van der Waals surface area contributed by atoms with Crippen LogP contribution in [0.1, 0.15) is 19.8 Å². The summed E-state index contributed by atoms with van der Waals surface area (Å²) in [5.74, 6) is 0. The smallest absolute Gasteiger partial charge is 0.337 e. The third-order valence-electron chi connectivity index (χ3n) is 4.67. The Hall–Kier alpha value is -2.67. The number of rotatable bonds is 4. The van der Waals surface area contributed by atoms with E-state index in [0.29, 0.717) is 30.0 Å². The number of hydrogen-bond donors (Lipinski definition) is 0. The van der Waals surface area contributed by atoms with Gasteiger partial charge >= 0.3 is 5.69 Å². The maximum atomic E-state index is 13.1. The first-order valence-electron chi connectivity index (χ1n) is 8.58. The van der Waals surface area contributed by atoms with Crippen LogP contribution in [0.4, 0.5) is 0 Å². The standard InChI is InChI=1S/C18H20N4O3/c1-2-20-12-19-16-15(20)17(23)21(11-14-9-6-10-25-14)18(24)22(16)13-7-4-3-5-8-13/h3-5,7-8,12,14H,2,6,9-11H2,1H3. The lowest BCUT2D eigenvalue weighted by Gasteiger charge is -2.15. The highest BCUT2D eigenvalue weighted by Crippen LogP contribution is 2.15. The van der Waals surface area contributed by atoms with Gasteiger partial charge < -0.3 is 9.30 Å². The van der Waals surface area contributed by atoms with Gasteiger partial charge in [0, 0.05) is 13.2 Å². The minimum Gasteiger partial charge on any atom is -0.376 e. The summed E-state index contributed by atoms with van der Waals surface area (Å²) in [6.45, 7) is 3.51. The molecule has 0 saturated carbocycles. The molecule has 130 valence electrons. The molecule has 0 radical (unpaired) electrons. The summed E-state index contributed by atoms with van der Waals surface area (Å²) in [5.41, 5.74) is 0.859. The first kappa shape index (κ1) is 15.8. The topological polar surface area (TPSA) is 71.1 Å². The molecule has 0 bridgehead atoms. The molecule has 1 saturated heterocycles. The summed E-state index contributed by atoms with van der Waals surface area (Å²) in [7, 11) is 0. The van der Waals surface area contributed by atoms with Crippen LogP contribution in [0.2, 0.25) is 0 Å². The summed E-state index contributed by atoms with van der Waals surface area (Å²) in [6, 6.07) is 9.29. The van der Waals surface area contributed by atoms with Gasteiger partial charge in [0.05, 0.1) is 24.7 Å². The van der Waals surface area contributed by atoms with E-state index in [1.807, 2.05) is 37.3 Å². The molecular formula is C18H20N4O3. The van der Waals surface area contributed by atoms with E-state index < -0.39 is 0 Å². The van der Waals surface area contributed by atoms with Crippen molar-refractivity contribution in [3.63, 3.8) is 0 Å². The average molecular weight is 340 g/mol. The van der Waals surface area contributed by atoms with Crippen LogP contribution in [0.3, 0.4) is 0 Å². The quantitative estimate of drug-likeness (QED) is 0.722. The minimum atomic E-state index is -0.374. The molecule has 4 rings (SSSR count). The highest BCUT2D eigenvalue weighted by atomic mass is 16.5. The third kappa shape index (κ3) is 2.60. The molecule has 1 fully saturated rings. The number of hydrogen-bond acceptors (Lipinski definition) is 4. The number of ether oxygens (including phenoxy) is 1. The van der Waals surface area contributed by atoms with Gasteiger partial charge in [0.15, 0.2) is 11.2 Å². The fraction of sp³-hybridized carbons (Fsp3) is 0.389. The van der Waals surface area contributed by atoms with Gasteiger partial charge in [0.25, 0.3) is 5.56 Å². The third-order valence-corrected chi connectivity index (χ3v) is 4.67. The number of benzene rings is 1. The number of imidazole rings is 1. The average Bonchev–Trinajstić information content (AvgIpc) is 3.29. The minimum absolute atomic E-state index is 0.0925. The van der Waals surface area contributed by atoms with Crippen molar-refractivity contribution in [2.75, 3.05) is 6.61 Å². The first-order valence-corrected chi connectivity index (χ1v) is 8.58. The molecule has 0 aliphatic carbocycles. The van der Waals surface area contributed by atoms with E-state index in [9.17, 15) is 9.59 Å². The molecule has 0 N–H and O–H groups in total. The summed E-state index contributed by atoms with van der Waals surface area (Å²) in [5, 5.41) is 0. The zero-order valence-corrected chi connectivity index (χ0v) is 14.1. The predicted octanol–water partition coefficient (Wildman–Crippen LogP) is 1.55. The maximum absolute atomic E-state index is 13.1. The molecule has 7 nitrogen and oxygen atoms in total. The Morgan fingerprint density at radius 2 is 2.04 bits per heavy atom. The molecule has 1 atom stereocenters. The van der Waals surface area contributed by atoms with Crippen molar-refractivity contribution in [2.45, 2.75) is 39.0 Å². The van der Waals surface area contributed by atoms with Crippen LogP contribution < -0.4 is 11.2 Å². The largest absolute Gasteiger partial charge is 0.376 e. The molecule has 1 aliphatic heterocycles. The van der Waals surface area contributed by atoms with Gasteiger partial charge in [-0.2, -0.15) is 0 Å². The molecule has 2 aromatic heterocycles. The van der Waals surface area contributed by atoms with Crippen LogP contribution in [0.15, 0.2) is 46.2 Å². The second-order valence-electron chi connectivity index (χ2n) is 6.21. The Kier molecular flexibility index (Phi) is 4.01. The Balaban J connectivity index is 2.01. The van der Waals surface area contributed by atoms with E-state index in [1.54, 1.807) is 10.9 Å². The summed E-state index contributed by atoms with van der Waals surface area (Å²) >= 11 is 0. The normalized spacial score (nSPS) is 17.4. The lowest BCUT2D eigenvalue weighted by Crippen LogP contribution is -2.42. The van der Waals surface area contributed by atoms with Crippen LogP contribution in [-0.2, 0) is 17.8 Å². The van der Waals surface area contributed by atoms with E-state index in [4.69, 9.17) is 4.74 Å². The SMILES string of the molecule is CCn1cnc2c1c(=O)n(CC1CCCO1)c(=O)n2-c1ccccc1. The highest BCUT2D eigenvalue weighted by Gasteiger charge is 2.23. The monoisotopic (exact) mass is 340 g/mol. The second kappa shape index (κ2) is 6.33. The van der Waals surface area contributed by atoms with E-state index in [0.717, 1.165) is 12.8 Å². The van der Waals surface area contributed by atoms with E-state index in [1.165, 1.54) is 9.13 Å². The molecule has 3 heterocycles. The molecular weight excluding hydrogens is 320 g/mol. The molecule has 1 aromatic carbocycles. The number of fused-ring (bicyclic) bond motifs is 1. The molecule has 7 heteroatoms. The molecule has 25 heavy (non-hydrogen) atoms. The van der Waals surface area contributed by atoms with Crippen molar-refractivity contribution in [1.82, 2.24) is 18.7 Å². The number of para-hydroxylation sites is 1. The van der Waals surface area contributed by atoms with Crippen LogP contribution in [-0.4, -0.2) is 31.4 Å². The van der Waals surface area contributed by atoms with Crippen LogP contribution in [0.25, 0.3) is 16.9 Å². The first-order chi connectivity index (χ1) is 12.2. The van der Waals surface area contributed by atoms with Gasteiger partial charge in [-0.1, -0.05) is 18.2 Å². The molecule has 1 unspecified atom stereocenters. The van der Waals surface area contributed by atoms with Gasteiger partial charge in [0.1, 0.15) is 0 Å². The molecule has 3 aromatic rings. The maximum Gasteiger partial charge on any atom is 0.337 e. The van der Waals surface area contributed by atoms with E-state index in [2.05, 4.69) is 4.98 Å². The predicted molar refractivity (Wildman–Crippen MR) is 94.2 cm³/mol. The fourth-order valence-electron chi connectivity index (χ4n) is 3.38. The van der Waals surface area contributed by atoms with Crippen molar-refractivity contribution in [1.29, 1.82) is 0 Å². The molecule has 0 amide bonds. The number of nitrogens with zero attached hydrogens (tertiary/aromatic N) is 4. The number of aryl methyl sites for hydroxylation is 1. The zero-order chi connectivity index (χ0) is 17.4. The molecule has 1 aliphatic rings. The highest BCUT2D eigenvalue weighted by molar-refractivity contribution is 5.72. The van der Waals surface area contributed by atoms with Crippen LogP contribution in [0, 0.1) is 0 Å².